The van der Waals surface area contributed by atoms with E-state index in [4.69, 9.17) is 14.2 Å². The summed E-state index contributed by atoms with van der Waals surface area (Å²) in [6.45, 7) is 10.5. The molecule has 0 aromatic heterocycles. The molecule has 29 heavy (non-hydrogen) atoms. The predicted octanol–water partition coefficient (Wildman–Crippen LogP) is 2.11. The van der Waals surface area contributed by atoms with Crippen LogP contribution in [0.4, 0.5) is 10.5 Å². The van der Waals surface area contributed by atoms with Gasteiger partial charge < -0.3 is 24.0 Å². The third-order valence-corrected chi connectivity index (χ3v) is 4.95. The van der Waals surface area contributed by atoms with Crippen molar-refractivity contribution in [3.8, 4) is 11.5 Å². The highest BCUT2D eigenvalue weighted by Gasteiger charge is 2.45. The average Bonchev–Trinajstić information content (AvgIpc) is 2.60. The minimum atomic E-state index is -0.529. The number of rotatable bonds is 2. The van der Waals surface area contributed by atoms with E-state index >= 15 is 0 Å². The number of nitrogens with one attached hydrogen (secondary N) is 1. The van der Waals surface area contributed by atoms with Gasteiger partial charge in [-0.2, -0.15) is 5.10 Å². The Morgan fingerprint density at radius 2 is 2.07 bits per heavy atom. The molecule has 3 aliphatic heterocycles. The molecule has 1 saturated heterocycles. The number of likely N-dealkylation sites (tertiary alicyclic amines) is 1. The molecule has 9 heteroatoms. The lowest BCUT2D eigenvalue weighted by molar-refractivity contribution is -0.122. The fraction of sp³-hybridized carbons (Fsp3) is 0.550. The van der Waals surface area contributed by atoms with Gasteiger partial charge in [0, 0.05) is 6.07 Å². The van der Waals surface area contributed by atoms with E-state index in [-0.39, 0.29) is 12.0 Å². The Morgan fingerprint density at radius 3 is 2.76 bits per heavy atom. The first kappa shape index (κ1) is 19.4. The number of nitrogens with zero attached hydrogens (tertiary/aromatic N) is 3. The van der Waals surface area contributed by atoms with Crippen LogP contribution >= 0.6 is 0 Å². The molecule has 4 rings (SSSR count). The zero-order valence-electron chi connectivity index (χ0n) is 17.3. The number of carbonyl (C=O) groups excluding carboxylic acids is 2. The normalized spacial score (nSPS) is 22.3. The highest BCUT2D eigenvalue weighted by Crippen LogP contribution is 2.39. The smallest absolute Gasteiger partial charge is 0.410 e. The number of amidine groups is 1. The highest BCUT2D eigenvalue weighted by atomic mass is 16.6. The van der Waals surface area contributed by atoms with Crippen molar-refractivity contribution >= 4 is 23.5 Å². The molecule has 0 saturated carbocycles. The maximum absolute atomic E-state index is 12.2. The molecule has 1 aromatic carbocycles. The summed E-state index contributed by atoms with van der Waals surface area (Å²) in [5.74, 6) is 1.78. The van der Waals surface area contributed by atoms with E-state index in [1.54, 1.807) is 4.90 Å². The first-order valence-electron chi connectivity index (χ1n) is 9.64. The van der Waals surface area contributed by atoms with E-state index in [0.717, 1.165) is 5.69 Å². The predicted molar refractivity (Wildman–Crippen MR) is 106 cm³/mol. The molecule has 1 unspecified atom stereocenters. The van der Waals surface area contributed by atoms with E-state index in [1.807, 2.05) is 57.7 Å². The van der Waals surface area contributed by atoms with Gasteiger partial charge in [-0.15, -0.1) is 0 Å². The molecule has 156 valence electrons. The quantitative estimate of drug-likeness (QED) is 0.815. The molecule has 3 heterocycles. The summed E-state index contributed by atoms with van der Waals surface area (Å²) in [4.78, 5) is 27.7. The van der Waals surface area contributed by atoms with E-state index in [1.165, 1.54) is 0 Å². The maximum atomic E-state index is 12.2. The molecule has 0 bridgehead atoms. The SMILES string of the molecule is CC1C(=O)NN=C2COc3ccc(OC4(C)CN(C(=O)OC(C)(C)C)C4)cc3N21. The number of hydrogen-bond donors (Lipinski definition) is 1. The van der Waals surface area contributed by atoms with Gasteiger partial charge in [0.2, 0.25) is 0 Å². The van der Waals surface area contributed by atoms with E-state index in [2.05, 4.69) is 10.5 Å². The van der Waals surface area contributed by atoms with Crippen molar-refractivity contribution < 1.29 is 23.8 Å². The second-order valence-corrected chi connectivity index (χ2v) is 8.86. The number of amides is 2. The molecule has 1 atom stereocenters. The molecule has 3 aliphatic rings. The third kappa shape index (κ3) is 3.68. The lowest BCUT2D eigenvalue weighted by Gasteiger charge is -2.47. The van der Waals surface area contributed by atoms with Gasteiger partial charge in [0.05, 0.1) is 18.8 Å². The van der Waals surface area contributed by atoms with Gasteiger partial charge in [-0.05, 0) is 46.8 Å². The van der Waals surface area contributed by atoms with Crippen LogP contribution in [-0.4, -0.2) is 59.7 Å². The fourth-order valence-corrected chi connectivity index (χ4v) is 3.64. The number of hydrazone groups is 1. The molecule has 1 N–H and O–H groups in total. The van der Waals surface area contributed by atoms with Gasteiger partial charge in [-0.1, -0.05) is 0 Å². The number of carbonyl (C=O) groups is 2. The van der Waals surface area contributed by atoms with Crippen molar-refractivity contribution in [1.82, 2.24) is 10.3 Å². The zero-order valence-corrected chi connectivity index (χ0v) is 17.3. The summed E-state index contributed by atoms with van der Waals surface area (Å²) in [6.07, 6.45) is -0.341. The molecule has 0 aliphatic carbocycles. The van der Waals surface area contributed by atoms with Gasteiger partial charge >= 0.3 is 6.09 Å². The van der Waals surface area contributed by atoms with Crippen molar-refractivity contribution in [3.05, 3.63) is 18.2 Å². The lowest BCUT2D eigenvalue weighted by atomic mass is 9.97. The average molecular weight is 402 g/mol. The van der Waals surface area contributed by atoms with Crippen LogP contribution < -0.4 is 19.8 Å². The maximum Gasteiger partial charge on any atom is 0.410 e. The second kappa shape index (κ2) is 6.53. The Kier molecular flexibility index (Phi) is 4.36. The summed E-state index contributed by atoms with van der Waals surface area (Å²) >= 11 is 0. The van der Waals surface area contributed by atoms with Gasteiger partial charge in [0.1, 0.15) is 35.3 Å². The number of ether oxygens (including phenoxy) is 3. The van der Waals surface area contributed by atoms with Crippen LogP contribution in [0.15, 0.2) is 23.3 Å². The van der Waals surface area contributed by atoms with E-state index in [0.29, 0.717) is 37.0 Å². The van der Waals surface area contributed by atoms with Crippen molar-refractivity contribution in [3.63, 3.8) is 0 Å². The summed E-state index contributed by atoms with van der Waals surface area (Å²) in [7, 11) is 0. The Labute approximate surface area is 169 Å². The van der Waals surface area contributed by atoms with Crippen LogP contribution in [0.1, 0.15) is 34.6 Å². The summed E-state index contributed by atoms with van der Waals surface area (Å²) < 4.78 is 17.3. The molecule has 2 amide bonds. The second-order valence-electron chi connectivity index (χ2n) is 8.86. The minimum Gasteiger partial charge on any atom is -0.484 e. The molecule has 9 nitrogen and oxygen atoms in total. The van der Waals surface area contributed by atoms with Crippen molar-refractivity contribution in [1.29, 1.82) is 0 Å². The lowest BCUT2D eigenvalue weighted by Crippen LogP contribution is -2.65. The first-order valence-corrected chi connectivity index (χ1v) is 9.64. The Bertz CT molecular complexity index is 885. The van der Waals surface area contributed by atoms with E-state index in [9.17, 15) is 9.59 Å². The van der Waals surface area contributed by atoms with Crippen LogP contribution in [0.25, 0.3) is 0 Å². The Morgan fingerprint density at radius 1 is 1.34 bits per heavy atom. The van der Waals surface area contributed by atoms with Crippen LogP contribution in [0.3, 0.4) is 0 Å². The molecule has 1 fully saturated rings. The third-order valence-electron chi connectivity index (χ3n) is 4.95. The monoisotopic (exact) mass is 402 g/mol. The Balaban J connectivity index is 1.48. The van der Waals surface area contributed by atoms with E-state index < -0.39 is 17.2 Å². The number of fused-ring (bicyclic) bond motifs is 3. The fourth-order valence-electron chi connectivity index (χ4n) is 3.64. The van der Waals surface area contributed by atoms with Gasteiger partial charge in [-0.25, -0.2) is 10.2 Å². The van der Waals surface area contributed by atoms with Crippen LogP contribution in [0, 0.1) is 0 Å². The van der Waals surface area contributed by atoms with Gasteiger partial charge in [-0.3, -0.25) is 4.79 Å². The topological polar surface area (TPSA) is 92.7 Å². The largest absolute Gasteiger partial charge is 0.484 e. The van der Waals surface area contributed by atoms with Gasteiger partial charge in [0.25, 0.3) is 5.91 Å². The molecular formula is C20H26N4O5. The summed E-state index contributed by atoms with van der Waals surface area (Å²) in [5.41, 5.74) is 2.21. The van der Waals surface area contributed by atoms with Crippen LogP contribution in [-0.2, 0) is 9.53 Å². The first-order chi connectivity index (χ1) is 13.5. The summed E-state index contributed by atoms with van der Waals surface area (Å²) in [5, 5.41) is 4.09. The Hall–Kier alpha value is -2.97. The zero-order chi connectivity index (χ0) is 21.0. The molecular weight excluding hydrogens is 376 g/mol. The minimum absolute atomic E-state index is 0.174. The van der Waals surface area contributed by atoms with Crippen molar-refractivity contribution in [2.45, 2.75) is 51.9 Å². The molecule has 0 spiro atoms. The highest BCUT2D eigenvalue weighted by molar-refractivity contribution is 6.09. The number of hydrogen-bond acceptors (Lipinski definition) is 7. The van der Waals surface area contributed by atoms with Crippen LogP contribution in [0.2, 0.25) is 0 Å². The number of benzene rings is 1. The summed E-state index contributed by atoms with van der Waals surface area (Å²) in [6, 6.07) is 5.11. The van der Waals surface area contributed by atoms with Crippen molar-refractivity contribution in [2.75, 3.05) is 24.6 Å². The van der Waals surface area contributed by atoms with Crippen LogP contribution in [0.5, 0.6) is 11.5 Å². The standard InChI is InChI=1S/C20H26N4O5/c1-12-17(25)22-21-16-9-27-15-7-6-13(8-14(15)24(12)16)28-20(5)10-23(11-20)18(26)29-19(2,3)4/h6-8,12H,9-11H2,1-5H3,(H,22,25). The van der Waals surface area contributed by atoms with Crippen molar-refractivity contribution in [2.24, 2.45) is 5.10 Å². The molecule has 0 radical (unpaired) electrons. The number of anilines is 1. The molecule has 1 aromatic rings. The van der Waals surface area contributed by atoms with Gasteiger partial charge in [0.15, 0.2) is 5.84 Å².